The average molecular weight is 256 g/mol. The van der Waals surface area contributed by atoms with Crippen molar-refractivity contribution in [3.63, 3.8) is 0 Å². The molecule has 1 fully saturated rings. The standard InChI is InChI=1S/C15H32N2O/c1-12(2)13-8-14(16-11-15(3,4)5)10-17(9-13)6-7-18/h12-14,16,18H,6-11H2,1-5H3. The molecule has 0 aromatic rings. The Morgan fingerprint density at radius 1 is 1.28 bits per heavy atom. The van der Waals surface area contributed by atoms with E-state index in [4.69, 9.17) is 5.11 Å². The second-order valence-corrected chi connectivity index (χ2v) is 7.36. The molecular formula is C15H32N2O. The SMILES string of the molecule is CC(C)C1CC(NCC(C)(C)C)CN(CCO)C1. The van der Waals surface area contributed by atoms with Crippen LogP contribution >= 0.6 is 0 Å². The fraction of sp³-hybridized carbons (Fsp3) is 1.00. The first-order valence-electron chi connectivity index (χ1n) is 7.38. The Bertz CT molecular complexity index is 235. The van der Waals surface area contributed by atoms with Gasteiger partial charge in [0.15, 0.2) is 0 Å². The average Bonchev–Trinajstić information content (AvgIpc) is 2.25. The number of aliphatic hydroxyl groups excluding tert-OH is 1. The van der Waals surface area contributed by atoms with Crippen molar-refractivity contribution in [3.05, 3.63) is 0 Å². The van der Waals surface area contributed by atoms with Crippen LogP contribution in [0.25, 0.3) is 0 Å². The van der Waals surface area contributed by atoms with Crippen LogP contribution in [0.5, 0.6) is 0 Å². The largest absolute Gasteiger partial charge is 0.395 e. The normalized spacial score (nSPS) is 26.8. The van der Waals surface area contributed by atoms with E-state index in [1.165, 1.54) is 6.42 Å². The Morgan fingerprint density at radius 3 is 2.44 bits per heavy atom. The Labute approximate surface area is 113 Å². The van der Waals surface area contributed by atoms with Gasteiger partial charge >= 0.3 is 0 Å². The van der Waals surface area contributed by atoms with Gasteiger partial charge in [0.1, 0.15) is 0 Å². The van der Waals surface area contributed by atoms with E-state index in [2.05, 4.69) is 44.8 Å². The van der Waals surface area contributed by atoms with E-state index >= 15 is 0 Å². The van der Waals surface area contributed by atoms with Gasteiger partial charge in [-0.2, -0.15) is 0 Å². The number of likely N-dealkylation sites (tertiary alicyclic amines) is 1. The summed E-state index contributed by atoms with van der Waals surface area (Å²) in [5, 5.41) is 12.8. The first-order chi connectivity index (χ1) is 8.31. The van der Waals surface area contributed by atoms with Gasteiger partial charge < -0.3 is 10.4 Å². The van der Waals surface area contributed by atoms with Gasteiger partial charge in [-0.1, -0.05) is 34.6 Å². The van der Waals surface area contributed by atoms with Crippen LogP contribution < -0.4 is 5.32 Å². The van der Waals surface area contributed by atoms with Crippen molar-refractivity contribution >= 4 is 0 Å². The zero-order valence-corrected chi connectivity index (χ0v) is 12.9. The molecule has 0 radical (unpaired) electrons. The summed E-state index contributed by atoms with van der Waals surface area (Å²) in [6.07, 6.45) is 1.27. The molecule has 1 aliphatic heterocycles. The Morgan fingerprint density at radius 2 is 1.94 bits per heavy atom. The minimum absolute atomic E-state index is 0.275. The maximum atomic E-state index is 9.13. The van der Waals surface area contributed by atoms with E-state index in [1.807, 2.05) is 0 Å². The molecule has 0 bridgehead atoms. The lowest BCUT2D eigenvalue weighted by molar-refractivity contribution is 0.0934. The van der Waals surface area contributed by atoms with Crippen molar-refractivity contribution in [2.45, 2.75) is 47.1 Å². The highest BCUT2D eigenvalue weighted by Gasteiger charge is 2.29. The molecule has 3 nitrogen and oxygen atoms in total. The third-order valence-electron chi connectivity index (χ3n) is 3.84. The molecule has 2 N–H and O–H groups in total. The fourth-order valence-electron chi connectivity index (χ4n) is 2.64. The molecule has 0 aromatic carbocycles. The summed E-state index contributed by atoms with van der Waals surface area (Å²) in [4.78, 5) is 2.41. The lowest BCUT2D eigenvalue weighted by Crippen LogP contribution is -2.52. The van der Waals surface area contributed by atoms with E-state index in [9.17, 15) is 0 Å². The molecule has 108 valence electrons. The Kier molecular flexibility index (Phi) is 6.09. The van der Waals surface area contributed by atoms with Crippen LogP contribution in [0, 0.1) is 17.3 Å². The lowest BCUT2D eigenvalue weighted by atomic mass is 9.85. The second-order valence-electron chi connectivity index (χ2n) is 7.36. The second kappa shape index (κ2) is 6.88. The predicted octanol–water partition coefficient (Wildman–Crippen LogP) is 1.96. The maximum absolute atomic E-state index is 9.13. The van der Waals surface area contributed by atoms with Gasteiger partial charge in [0.05, 0.1) is 6.61 Å². The summed E-state index contributed by atoms with van der Waals surface area (Å²) >= 11 is 0. The van der Waals surface area contributed by atoms with E-state index in [0.717, 1.165) is 38.0 Å². The summed E-state index contributed by atoms with van der Waals surface area (Å²) in [6, 6.07) is 0.580. The fourth-order valence-corrected chi connectivity index (χ4v) is 2.64. The molecule has 1 aliphatic rings. The minimum Gasteiger partial charge on any atom is -0.395 e. The quantitative estimate of drug-likeness (QED) is 0.789. The van der Waals surface area contributed by atoms with E-state index < -0.39 is 0 Å². The van der Waals surface area contributed by atoms with Crippen LogP contribution in [0.2, 0.25) is 0 Å². The highest BCUT2D eigenvalue weighted by Crippen LogP contribution is 2.24. The molecular weight excluding hydrogens is 224 g/mol. The van der Waals surface area contributed by atoms with Crippen LogP contribution in [-0.4, -0.2) is 48.8 Å². The number of nitrogens with one attached hydrogen (secondary N) is 1. The highest BCUT2D eigenvalue weighted by atomic mass is 16.3. The number of nitrogens with zero attached hydrogens (tertiary/aromatic N) is 1. The smallest absolute Gasteiger partial charge is 0.0558 e. The number of piperidine rings is 1. The van der Waals surface area contributed by atoms with Crippen LogP contribution in [-0.2, 0) is 0 Å². The first kappa shape index (κ1) is 15.9. The van der Waals surface area contributed by atoms with Crippen molar-refractivity contribution in [1.82, 2.24) is 10.2 Å². The molecule has 1 rings (SSSR count). The Hall–Kier alpha value is -0.120. The topological polar surface area (TPSA) is 35.5 Å². The van der Waals surface area contributed by atoms with Gasteiger partial charge in [-0.3, -0.25) is 4.90 Å². The van der Waals surface area contributed by atoms with Crippen molar-refractivity contribution in [3.8, 4) is 0 Å². The molecule has 0 amide bonds. The number of β-amino-alcohol motifs (C(OH)–C–C–N with tert-alkyl or cyclic N) is 1. The van der Waals surface area contributed by atoms with Crippen molar-refractivity contribution in [2.24, 2.45) is 17.3 Å². The maximum Gasteiger partial charge on any atom is 0.0558 e. The van der Waals surface area contributed by atoms with Gasteiger partial charge in [-0.25, -0.2) is 0 Å². The lowest BCUT2D eigenvalue weighted by Gasteiger charge is -2.40. The number of hydrogen-bond acceptors (Lipinski definition) is 3. The molecule has 2 atom stereocenters. The molecule has 3 heteroatoms. The van der Waals surface area contributed by atoms with Crippen LogP contribution in [0.4, 0.5) is 0 Å². The Balaban J connectivity index is 2.50. The molecule has 0 saturated carbocycles. The van der Waals surface area contributed by atoms with Gasteiger partial charge in [0.25, 0.3) is 0 Å². The van der Waals surface area contributed by atoms with Crippen LogP contribution in [0.1, 0.15) is 41.0 Å². The van der Waals surface area contributed by atoms with E-state index in [1.54, 1.807) is 0 Å². The molecule has 2 unspecified atom stereocenters. The summed E-state index contributed by atoms with van der Waals surface area (Å²) < 4.78 is 0. The zero-order chi connectivity index (χ0) is 13.8. The summed E-state index contributed by atoms with van der Waals surface area (Å²) in [7, 11) is 0. The number of aliphatic hydroxyl groups is 1. The summed E-state index contributed by atoms with van der Waals surface area (Å²) in [5.74, 6) is 1.48. The third kappa shape index (κ3) is 5.68. The monoisotopic (exact) mass is 256 g/mol. The zero-order valence-electron chi connectivity index (χ0n) is 12.9. The highest BCUT2D eigenvalue weighted by molar-refractivity contribution is 4.85. The minimum atomic E-state index is 0.275. The van der Waals surface area contributed by atoms with Crippen molar-refractivity contribution < 1.29 is 5.11 Å². The van der Waals surface area contributed by atoms with Crippen LogP contribution in [0.3, 0.4) is 0 Å². The van der Waals surface area contributed by atoms with Crippen molar-refractivity contribution in [1.29, 1.82) is 0 Å². The molecule has 18 heavy (non-hydrogen) atoms. The number of rotatable bonds is 5. The van der Waals surface area contributed by atoms with E-state index in [0.29, 0.717) is 11.5 Å². The molecule has 0 aliphatic carbocycles. The molecule has 0 aromatic heterocycles. The molecule has 0 spiro atoms. The van der Waals surface area contributed by atoms with Crippen LogP contribution in [0.15, 0.2) is 0 Å². The number of hydrogen-bond donors (Lipinski definition) is 2. The van der Waals surface area contributed by atoms with Gasteiger partial charge in [0.2, 0.25) is 0 Å². The first-order valence-corrected chi connectivity index (χ1v) is 7.38. The molecule has 1 saturated heterocycles. The third-order valence-corrected chi connectivity index (χ3v) is 3.84. The van der Waals surface area contributed by atoms with Gasteiger partial charge in [0, 0.05) is 32.2 Å². The van der Waals surface area contributed by atoms with E-state index in [-0.39, 0.29) is 6.61 Å². The van der Waals surface area contributed by atoms with Gasteiger partial charge in [-0.15, -0.1) is 0 Å². The predicted molar refractivity (Wildman–Crippen MR) is 77.7 cm³/mol. The summed E-state index contributed by atoms with van der Waals surface area (Å²) in [5.41, 5.74) is 0.340. The van der Waals surface area contributed by atoms with Crippen molar-refractivity contribution in [2.75, 3.05) is 32.8 Å². The molecule has 1 heterocycles. The van der Waals surface area contributed by atoms with Gasteiger partial charge in [-0.05, 0) is 23.7 Å². The summed E-state index contributed by atoms with van der Waals surface area (Å²) in [6.45, 7) is 15.8.